The largest absolute Gasteiger partial charge is 0.445 e. The van der Waals surface area contributed by atoms with E-state index in [2.05, 4.69) is 10.6 Å². The van der Waals surface area contributed by atoms with Gasteiger partial charge < -0.3 is 48.9 Å². The second-order valence-electron chi connectivity index (χ2n) is 14.3. The number of likely N-dealkylation sites (tertiary alicyclic amines) is 2. The third kappa shape index (κ3) is 10.3. The topological polar surface area (TPSA) is 137 Å². The number of para-hydroxylation sites is 2. The first-order valence-electron chi connectivity index (χ1n) is 19.5. The minimum Gasteiger partial charge on any atom is -0.445 e. The van der Waals surface area contributed by atoms with E-state index in [4.69, 9.17) is 28.4 Å². The van der Waals surface area contributed by atoms with Crippen molar-refractivity contribution in [3.05, 3.63) is 132 Å². The second-order valence-corrected chi connectivity index (χ2v) is 14.3. The minimum absolute atomic E-state index is 0.0215. The molecule has 4 aromatic rings. The minimum atomic E-state index is -0.991. The number of amides is 3. The van der Waals surface area contributed by atoms with Crippen molar-refractivity contribution in [3.8, 4) is 0 Å². The van der Waals surface area contributed by atoms with Crippen LogP contribution in [0.4, 0.5) is 21.0 Å². The van der Waals surface area contributed by atoms with Gasteiger partial charge in [0, 0.05) is 62.9 Å². The number of carbonyl (C=O) groups is 3. The molecule has 4 aliphatic heterocycles. The predicted octanol–water partition coefficient (Wildman–Crippen LogP) is 6.53. The van der Waals surface area contributed by atoms with Gasteiger partial charge in [0.1, 0.15) is 19.1 Å². The molecule has 13 nitrogen and oxygen atoms in total. The van der Waals surface area contributed by atoms with Crippen LogP contribution in [0.1, 0.15) is 24.0 Å². The van der Waals surface area contributed by atoms with Crippen LogP contribution in [-0.4, -0.2) is 98.6 Å². The second kappa shape index (κ2) is 19.1. The summed E-state index contributed by atoms with van der Waals surface area (Å²) < 4.78 is 34.6. The molecule has 0 aromatic heterocycles. The van der Waals surface area contributed by atoms with Crippen molar-refractivity contribution in [3.63, 3.8) is 0 Å². The molecule has 2 spiro atoms. The van der Waals surface area contributed by atoms with Gasteiger partial charge >= 0.3 is 12.2 Å². The van der Waals surface area contributed by atoms with Gasteiger partial charge in [-0.2, -0.15) is 0 Å². The van der Waals surface area contributed by atoms with Crippen LogP contribution in [0, 0.1) is 11.8 Å². The molecule has 3 amide bonds. The van der Waals surface area contributed by atoms with E-state index in [1.165, 1.54) is 0 Å². The maximum Gasteiger partial charge on any atom is 0.410 e. The quantitative estimate of drug-likeness (QED) is 0.193. The molecule has 4 aromatic carbocycles. The van der Waals surface area contributed by atoms with Crippen molar-refractivity contribution < 1.29 is 42.8 Å². The molecule has 4 fully saturated rings. The Morgan fingerprint density at radius 3 is 1.54 bits per heavy atom. The molecule has 4 saturated heterocycles. The highest BCUT2D eigenvalue weighted by molar-refractivity contribution is 5.93. The number of carbonyl (C=O) groups excluding carboxylic acids is 3. The highest BCUT2D eigenvalue weighted by Crippen LogP contribution is 2.38. The van der Waals surface area contributed by atoms with Gasteiger partial charge in [-0.1, -0.05) is 97.1 Å². The van der Waals surface area contributed by atoms with Crippen molar-refractivity contribution in [1.29, 1.82) is 0 Å². The van der Waals surface area contributed by atoms with Crippen LogP contribution in [0.3, 0.4) is 0 Å². The molecule has 2 N–H and O–H groups in total. The van der Waals surface area contributed by atoms with Crippen molar-refractivity contribution >= 4 is 29.5 Å². The number of hydrogen-bond donors (Lipinski definition) is 2. The van der Waals surface area contributed by atoms with Crippen LogP contribution in [0.2, 0.25) is 0 Å². The molecule has 0 bridgehead atoms. The van der Waals surface area contributed by atoms with Crippen LogP contribution in [-0.2, 0) is 46.4 Å². The van der Waals surface area contributed by atoms with Crippen LogP contribution in [0.25, 0.3) is 0 Å². The molecule has 2 unspecified atom stereocenters. The highest BCUT2D eigenvalue weighted by Gasteiger charge is 2.52. The summed E-state index contributed by atoms with van der Waals surface area (Å²) in [6.45, 7) is 4.88. The Kier molecular flexibility index (Phi) is 13.3. The monoisotopic (exact) mass is 778 g/mol. The first kappa shape index (κ1) is 39.8. The zero-order valence-corrected chi connectivity index (χ0v) is 32.0. The smallest absolute Gasteiger partial charge is 0.410 e. The third-order valence-corrected chi connectivity index (χ3v) is 10.6. The molecular formula is C44H50N4O9. The molecule has 57 heavy (non-hydrogen) atoms. The maximum atomic E-state index is 13.0. The fourth-order valence-corrected chi connectivity index (χ4v) is 7.58. The molecule has 4 heterocycles. The van der Waals surface area contributed by atoms with E-state index in [9.17, 15) is 14.4 Å². The van der Waals surface area contributed by atoms with Gasteiger partial charge in [0.15, 0.2) is 11.6 Å². The standard InChI is InChI=1S/C22H24N2O5.C22H26N2O4/c25-20(23-18-9-5-2-6-10-18)19-15-24(12-11-22(19)28-13-14-29-22)21(26)27-16-17-7-3-1-4-8-17;25-21(26-17-18-7-3-1-4-8-18)24-12-11-22(27-13-14-28-22)19(16-24)15-23-20-9-5-2-6-10-20/h1-10,19H,11-16H2,(H,23,25);1-10,19,23H,11-17H2. The summed E-state index contributed by atoms with van der Waals surface area (Å²) in [4.78, 5) is 41.5. The van der Waals surface area contributed by atoms with E-state index in [-0.39, 0.29) is 37.7 Å². The lowest BCUT2D eigenvalue weighted by atomic mass is 9.89. The van der Waals surface area contributed by atoms with Crippen molar-refractivity contribution in [2.45, 2.75) is 37.6 Å². The number of piperidine rings is 2. The van der Waals surface area contributed by atoms with Crippen molar-refractivity contribution in [2.75, 3.05) is 69.8 Å². The Labute approximate surface area is 333 Å². The lowest BCUT2D eigenvalue weighted by Crippen LogP contribution is -2.58. The number of hydrogen-bond acceptors (Lipinski definition) is 10. The van der Waals surface area contributed by atoms with E-state index >= 15 is 0 Å². The average molecular weight is 779 g/mol. The molecule has 0 saturated carbocycles. The summed E-state index contributed by atoms with van der Waals surface area (Å²) in [7, 11) is 0. The lowest BCUT2D eigenvalue weighted by molar-refractivity contribution is -0.215. The van der Waals surface area contributed by atoms with Crippen LogP contribution < -0.4 is 10.6 Å². The number of rotatable bonds is 9. The number of nitrogens with one attached hydrogen (secondary N) is 2. The Morgan fingerprint density at radius 1 is 0.579 bits per heavy atom. The van der Waals surface area contributed by atoms with Crippen LogP contribution >= 0.6 is 0 Å². The molecular weight excluding hydrogens is 729 g/mol. The van der Waals surface area contributed by atoms with E-state index in [1.54, 1.807) is 9.80 Å². The number of benzene rings is 4. The summed E-state index contributed by atoms with van der Waals surface area (Å²) in [5.74, 6) is -2.47. The zero-order valence-electron chi connectivity index (χ0n) is 32.0. The van der Waals surface area contributed by atoms with E-state index in [1.807, 2.05) is 121 Å². The number of anilines is 2. The van der Waals surface area contributed by atoms with Gasteiger partial charge in [-0.25, -0.2) is 9.59 Å². The van der Waals surface area contributed by atoms with Crippen LogP contribution in [0.15, 0.2) is 121 Å². The highest BCUT2D eigenvalue weighted by atomic mass is 16.7. The Hall–Kier alpha value is -5.47. The number of ether oxygens (including phenoxy) is 6. The molecule has 13 heteroatoms. The van der Waals surface area contributed by atoms with Gasteiger partial charge in [0.2, 0.25) is 5.91 Å². The SMILES string of the molecule is O=C(Nc1ccccc1)C1CN(C(=O)OCc2ccccc2)CCC12OCCO2.O=C(OCc1ccccc1)N1CCC2(OCCO2)C(CNc2ccccc2)C1. The molecule has 300 valence electrons. The fraction of sp³-hybridized carbons (Fsp3) is 0.386. The third-order valence-electron chi connectivity index (χ3n) is 10.6. The summed E-state index contributed by atoms with van der Waals surface area (Å²) >= 11 is 0. The van der Waals surface area contributed by atoms with Gasteiger partial charge in [-0.15, -0.1) is 0 Å². The summed E-state index contributed by atoms with van der Waals surface area (Å²) in [6, 6.07) is 38.5. The first-order chi connectivity index (χ1) is 27.9. The Bertz CT molecular complexity index is 1880. The average Bonchev–Trinajstić information content (AvgIpc) is 3.94. The first-order valence-corrected chi connectivity index (χ1v) is 19.5. The number of nitrogens with zero attached hydrogens (tertiary/aromatic N) is 2. The normalized spacial score (nSPS) is 20.6. The molecule has 8 rings (SSSR count). The molecule has 2 atom stereocenters. The van der Waals surface area contributed by atoms with E-state index in [0.717, 1.165) is 16.8 Å². The summed E-state index contributed by atoms with van der Waals surface area (Å²) in [5, 5.41) is 6.35. The van der Waals surface area contributed by atoms with Crippen LogP contribution in [0.5, 0.6) is 0 Å². The van der Waals surface area contributed by atoms with Crippen molar-refractivity contribution in [1.82, 2.24) is 9.80 Å². The van der Waals surface area contributed by atoms with E-state index in [0.29, 0.717) is 71.1 Å². The molecule has 4 aliphatic rings. The van der Waals surface area contributed by atoms with Gasteiger partial charge in [0.25, 0.3) is 0 Å². The Balaban J connectivity index is 0.000000174. The van der Waals surface area contributed by atoms with Crippen molar-refractivity contribution in [2.24, 2.45) is 11.8 Å². The predicted molar refractivity (Wildman–Crippen MR) is 212 cm³/mol. The molecule has 0 radical (unpaired) electrons. The van der Waals surface area contributed by atoms with Gasteiger partial charge in [-0.05, 0) is 35.4 Å². The lowest BCUT2D eigenvalue weighted by Gasteiger charge is -2.43. The summed E-state index contributed by atoms with van der Waals surface area (Å²) in [5.41, 5.74) is 3.62. The van der Waals surface area contributed by atoms with Gasteiger partial charge in [-0.3, -0.25) is 4.79 Å². The zero-order chi connectivity index (χ0) is 39.3. The van der Waals surface area contributed by atoms with Gasteiger partial charge in [0.05, 0.1) is 26.4 Å². The maximum absolute atomic E-state index is 13.0. The molecule has 0 aliphatic carbocycles. The fourth-order valence-electron chi connectivity index (χ4n) is 7.58. The van der Waals surface area contributed by atoms with E-state index < -0.39 is 23.6 Å². The summed E-state index contributed by atoms with van der Waals surface area (Å²) in [6.07, 6.45) is 0.329. The Morgan fingerprint density at radius 2 is 1.02 bits per heavy atom.